The summed E-state index contributed by atoms with van der Waals surface area (Å²) in [6.45, 7) is 8.00. The Bertz CT molecular complexity index is 175. The molecule has 0 unspecified atom stereocenters. The summed E-state index contributed by atoms with van der Waals surface area (Å²) in [5.41, 5.74) is 0. The van der Waals surface area contributed by atoms with Crippen LogP contribution in [0.4, 0.5) is 0 Å². The molecule has 2 rings (SSSR count). The highest BCUT2D eigenvalue weighted by Gasteiger charge is 1.58. The van der Waals surface area contributed by atoms with Crippen molar-refractivity contribution in [1.29, 1.82) is 0 Å². The maximum Gasteiger partial charge on any atom is -0.0623 e. The normalized spacial score (nSPS) is 6.75. The van der Waals surface area contributed by atoms with Crippen LogP contribution in [0, 0.1) is 0 Å². The van der Waals surface area contributed by atoms with Crippen molar-refractivity contribution >= 4 is 0 Å². The number of benzene rings is 2. The fourth-order valence-corrected chi connectivity index (χ4v) is 0.770. The summed E-state index contributed by atoms with van der Waals surface area (Å²) >= 11 is 0. The minimum Gasteiger partial charge on any atom is -0.0683 e. The van der Waals surface area contributed by atoms with E-state index < -0.39 is 0 Å². The van der Waals surface area contributed by atoms with Crippen LogP contribution in [0.3, 0.4) is 0 Å². The highest BCUT2D eigenvalue weighted by Crippen LogP contribution is 1.80. The third-order valence-electron chi connectivity index (χ3n) is 1.33. The van der Waals surface area contributed by atoms with Crippen LogP contribution in [-0.4, -0.2) is 0 Å². The Labute approximate surface area is 101 Å². The molecule has 0 amide bonds. The number of rotatable bonds is 0. The summed E-state index contributed by atoms with van der Waals surface area (Å²) in [7, 11) is 0. The lowest BCUT2D eigenvalue weighted by atomic mass is 10.4. The predicted molar refractivity (Wildman–Crippen MR) is 75.6 cm³/mol. The Balaban J connectivity index is 0. The lowest BCUT2D eigenvalue weighted by Crippen LogP contribution is -1.47. The van der Waals surface area contributed by atoms with Gasteiger partial charge >= 0.3 is 0 Å². The molecular weight excluding hydrogens is 192 g/mol. The summed E-state index contributed by atoms with van der Waals surface area (Å²) in [6.07, 6.45) is 0. The molecule has 0 bridgehead atoms. The summed E-state index contributed by atoms with van der Waals surface area (Å²) in [5.74, 6) is 0. The van der Waals surface area contributed by atoms with Crippen LogP contribution in [0.2, 0.25) is 0 Å². The van der Waals surface area contributed by atoms with Gasteiger partial charge in [-0.05, 0) is 0 Å². The first kappa shape index (κ1) is 16.9. The summed E-state index contributed by atoms with van der Waals surface area (Å²) < 4.78 is 0. The summed E-state index contributed by atoms with van der Waals surface area (Å²) in [6, 6.07) is 24.0. The minimum atomic E-state index is 2.00. The molecule has 0 aliphatic rings. The molecule has 0 saturated carbocycles. The molecule has 2 aromatic rings. The molecule has 0 radical (unpaired) electrons. The van der Waals surface area contributed by atoms with Crippen LogP contribution in [0.25, 0.3) is 0 Å². The molecule has 0 heterocycles. The van der Waals surface area contributed by atoms with Crippen molar-refractivity contribution < 1.29 is 0 Å². The van der Waals surface area contributed by atoms with Gasteiger partial charge in [-0.25, -0.2) is 0 Å². The van der Waals surface area contributed by atoms with Gasteiger partial charge in [0.05, 0.1) is 0 Å². The molecule has 0 fully saturated rings. The maximum absolute atomic E-state index is 2.00. The minimum absolute atomic E-state index is 2.00. The van der Waals surface area contributed by atoms with Crippen molar-refractivity contribution in [2.24, 2.45) is 0 Å². The Hall–Kier alpha value is -1.56. The van der Waals surface area contributed by atoms with Gasteiger partial charge in [0.15, 0.2) is 0 Å². The topological polar surface area (TPSA) is 0 Å². The summed E-state index contributed by atoms with van der Waals surface area (Å²) in [5, 5.41) is 0. The van der Waals surface area contributed by atoms with Crippen LogP contribution in [0.15, 0.2) is 72.8 Å². The Kier molecular flexibility index (Phi) is 20.1. The fraction of sp³-hybridized carbons (Fsp3) is 0.250. The second kappa shape index (κ2) is 19.1. The first-order valence-electron chi connectivity index (χ1n) is 6.00. The second-order valence-electron chi connectivity index (χ2n) is 2.31. The van der Waals surface area contributed by atoms with Gasteiger partial charge in [0.2, 0.25) is 0 Å². The first-order chi connectivity index (χ1) is 8.00. The van der Waals surface area contributed by atoms with Crippen LogP contribution in [0.5, 0.6) is 0 Å². The van der Waals surface area contributed by atoms with Gasteiger partial charge in [-0.3, -0.25) is 0 Å². The van der Waals surface area contributed by atoms with Crippen LogP contribution < -0.4 is 0 Å². The fourth-order valence-electron chi connectivity index (χ4n) is 0.770. The SMILES string of the molecule is CC.CC.c1ccccc1.c1ccccc1. The molecule has 0 atom stereocenters. The number of hydrogen-bond donors (Lipinski definition) is 0. The Morgan fingerprint density at radius 2 is 0.312 bits per heavy atom. The van der Waals surface area contributed by atoms with E-state index in [4.69, 9.17) is 0 Å². The largest absolute Gasteiger partial charge is 0.0683 e. The second-order valence-corrected chi connectivity index (χ2v) is 2.31. The van der Waals surface area contributed by atoms with Gasteiger partial charge in [0, 0.05) is 0 Å². The lowest BCUT2D eigenvalue weighted by Gasteiger charge is -1.69. The zero-order valence-electron chi connectivity index (χ0n) is 10.9. The molecular formula is C16H24. The van der Waals surface area contributed by atoms with Gasteiger partial charge < -0.3 is 0 Å². The van der Waals surface area contributed by atoms with Crippen LogP contribution in [0.1, 0.15) is 27.7 Å². The molecule has 0 aliphatic carbocycles. The maximum atomic E-state index is 2.00. The van der Waals surface area contributed by atoms with Gasteiger partial charge in [-0.1, -0.05) is 100 Å². The van der Waals surface area contributed by atoms with Gasteiger partial charge in [0.25, 0.3) is 0 Å². The van der Waals surface area contributed by atoms with Gasteiger partial charge in [-0.15, -0.1) is 0 Å². The van der Waals surface area contributed by atoms with Crippen molar-refractivity contribution in [3.05, 3.63) is 72.8 Å². The standard InChI is InChI=1S/2C6H6.2C2H6/c2*1-2-4-6-5-3-1;2*1-2/h2*1-6H;2*1-2H3. The smallest absolute Gasteiger partial charge is 0.0623 e. The average molecular weight is 216 g/mol. The summed E-state index contributed by atoms with van der Waals surface area (Å²) in [4.78, 5) is 0. The van der Waals surface area contributed by atoms with E-state index in [0.29, 0.717) is 0 Å². The van der Waals surface area contributed by atoms with E-state index in [2.05, 4.69) is 0 Å². The quantitative estimate of drug-likeness (QED) is 0.551. The zero-order valence-corrected chi connectivity index (χ0v) is 10.9. The molecule has 88 valence electrons. The van der Waals surface area contributed by atoms with Crippen molar-refractivity contribution in [1.82, 2.24) is 0 Å². The van der Waals surface area contributed by atoms with E-state index in [0.717, 1.165) is 0 Å². The van der Waals surface area contributed by atoms with E-state index >= 15 is 0 Å². The third kappa shape index (κ3) is 14.9. The van der Waals surface area contributed by atoms with Crippen molar-refractivity contribution in [3.8, 4) is 0 Å². The van der Waals surface area contributed by atoms with E-state index in [9.17, 15) is 0 Å². The highest BCUT2D eigenvalue weighted by molar-refractivity contribution is 4.99. The molecule has 0 aliphatic heterocycles. The van der Waals surface area contributed by atoms with Crippen LogP contribution >= 0.6 is 0 Å². The molecule has 0 nitrogen and oxygen atoms in total. The molecule has 0 N–H and O–H groups in total. The van der Waals surface area contributed by atoms with Gasteiger partial charge in [0.1, 0.15) is 0 Å². The first-order valence-corrected chi connectivity index (χ1v) is 6.00. The van der Waals surface area contributed by atoms with Gasteiger partial charge in [-0.2, -0.15) is 0 Å². The highest BCUT2D eigenvalue weighted by atomic mass is 13.7. The zero-order chi connectivity index (χ0) is 12.5. The van der Waals surface area contributed by atoms with Crippen LogP contribution in [-0.2, 0) is 0 Å². The molecule has 2 aromatic carbocycles. The predicted octanol–water partition coefficient (Wildman–Crippen LogP) is 5.43. The van der Waals surface area contributed by atoms with Crippen molar-refractivity contribution in [2.45, 2.75) is 27.7 Å². The Morgan fingerprint density at radius 1 is 0.250 bits per heavy atom. The van der Waals surface area contributed by atoms with E-state index in [-0.39, 0.29) is 0 Å². The van der Waals surface area contributed by atoms with E-state index in [1.807, 2.05) is 100 Å². The molecule has 0 aromatic heterocycles. The average Bonchev–Trinajstić information content (AvgIpc) is 2.48. The monoisotopic (exact) mass is 216 g/mol. The molecule has 0 spiro atoms. The third-order valence-corrected chi connectivity index (χ3v) is 1.33. The molecule has 0 saturated heterocycles. The molecule has 0 heteroatoms. The molecule has 16 heavy (non-hydrogen) atoms. The van der Waals surface area contributed by atoms with Crippen molar-refractivity contribution in [3.63, 3.8) is 0 Å². The van der Waals surface area contributed by atoms with E-state index in [1.165, 1.54) is 0 Å². The van der Waals surface area contributed by atoms with Crippen molar-refractivity contribution in [2.75, 3.05) is 0 Å². The lowest BCUT2D eigenvalue weighted by molar-refractivity contribution is 1.50. The number of hydrogen-bond acceptors (Lipinski definition) is 0. The van der Waals surface area contributed by atoms with E-state index in [1.54, 1.807) is 0 Å². The Morgan fingerprint density at radius 3 is 0.375 bits per heavy atom.